The van der Waals surface area contributed by atoms with Crippen molar-refractivity contribution in [1.82, 2.24) is 9.80 Å². The highest BCUT2D eigenvalue weighted by atomic mass is 16.5. The second-order valence-corrected chi connectivity index (χ2v) is 5.68. The van der Waals surface area contributed by atoms with Gasteiger partial charge in [0.2, 0.25) is 0 Å². The number of nitrogens with zero attached hydrogens (tertiary/aromatic N) is 2. The van der Waals surface area contributed by atoms with E-state index in [1.54, 1.807) is 30.0 Å². The van der Waals surface area contributed by atoms with Crippen LogP contribution < -0.4 is 4.74 Å². The minimum Gasteiger partial charge on any atom is -0.496 e. The molecule has 23 heavy (non-hydrogen) atoms. The summed E-state index contributed by atoms with van der Waals surface area (Å²) in [5.41, 5.74) is 0.492. The van der Waals surface area contributed by atoms with Crippen LogP contribution in [0.25, 0.3) is 0 Å². The summed E-state index contributed by atoms with van der Waals surface area (Å²) in [5, 5.41) is 0. The maximum atomic E-state index is 12.9. The fraction of sp³-hybridized carbons (Fsp3) is 0.529. The SMILES string of the molecule is COC(=O)C(C)CN(CCN(C)C)C(=O)c1ccccc1OC. The summed E-state index contributed by atoms with van der Waals surface area (Å²) in [6.07, 6.45) is 0. The van der Waals surface area contributed by atoms with Gasteiger partial charge in [-0.05, 0) is 26.2 Å². The fourth-order valence-corrected chi connectivity index (χ4v) is 2.19. The summed E-state index contributed by atoms with van der Waals surface area (Å²) in [4.78, 5) is 28.2. The average Bonchev–Trinajstić information content (AvgIpc) is 2.56. The van der Waals surface area contributed by atoms with Crippen LogP contribution >= 0.6 is 0 Å². The third-order valence-corrected chi connectivity index (χ3v) is 3.54. The highest BCUT2D eigenvalue weighted by Gasteiger charge is 2.24. The standard InChI is InChI=1S/C17H26N2O4/c1-13(17(21)23-5)12-19(11-10-18(2)3)16(20)14-8-6-7-9-15(14)22-4/h6-9,13H,10-12H2,1-5H3. The van der Waals surface area contributed by atoms with Crippen LogP contribution in [0.4, 0.5) is 0 Å². The molecule has 0 aromatic heterocycles. The van der Waals surface area contributed by atoms with Crippen LogP contribution in [0.15, 0.2) is 24.3 Å². The third kappa shape index (κ3) is 5.56. The number of hydrogen-bond donors (Lipinski definition) is 0. The van der Waals surface area contributed by atoms with Crippen molar-refractivity contribution in [2.45, 2.75) is 6.92 Å². The first-order valence-electron chi connectivity index (χ1n) is 7.55. The zero-order valence-corrected chi connectivity index (χ0v) is 14.5. The van der Waals surface area contributed by atoms with E-state index in [1.807, 2.05) is 25.1 Å². The van der Waals surface area contributed by atoms with Crippen molar-refractivity contribution in [1.29, 1.82) is 0 Å². The smallest absolute Gasteiger partial charge is 0.310 e. The average molecular weight is 322 g/mol. The molecule has 1 amide bonds. The summed E-state index contributed by atoms with van der Waals surface area (Å²) in [6, 6.07) is 7.09. The van der Waals surface area contributed by atoms with Crippen molar-refractivity contribution in [3.8, 4) is 5.75 Å². The summed E-state index contributed by atoms with van der Waals surface area (Å²) < 4.78 is 10.0. The molecule has 0 spiro atoms. The first kappa shape index (κ1) is 19.0. The number of hydrogen-bond acceptors (Lipinski definition) is 5. The molecular formula is C17H26N2O4. The molecule has 128 valence electrons. The second-order valence-electron chi connectivity index (χ2n) is 5.68. The lowest BCUT2D eigenvalue weighted by Crippen LogP contribution is -2.41. The molecule has 1 aromatic carbocycles. The molecule has 0 aliphatic heterocycles. The van der Waals surface area contributed by atoms with Crippen LogP contribution in [0.2, 0.25) is 0 Å². The van der Waals surface area contributed by atoms with E-state index in [-0.39, 0.29) is 17.8 Å². The first-order chi connectivity index (χ1) is 10.9. The van der Waals surface area contributed by atoms with E-state index in [0.717, 1.165) is 0 Å². The monoisotopic (exact) mass is 322 g/mol. The predicted octanol–water partition coefficient (Wildman–Crippen LogP) is 1.51. The van der Waals surface area contributed by atoms with Gasteiger partial charge in [0.15, 0.2) is 0 Å². The van der Waals surface area contributed by atoms with Crippen molar-refractivity contribution >= 4 is 11.9 Å². The van der Waals surface area contributed by atoms with Crippen LogP contribution in [0.1, 0.15) is 17.3 Å². The highest BCUT2D eigenvalue weighted by molar-refractivity contribution is 5.97. The Bertz CT molecular complexity index is 531. The Morgan fingerprint density at radius 1 is 1.13 bits per heavy atom. The summed E-state index contributed by atoms with van der Waals surface area (Å²) in [6.45, 7) is 3.28. The molecule has 0 aliphatic carbocycles. The Kier molecular flexibility index (Phi) is 7.54. The number of likely N-dealkylation sites (N-methyl/N-ethyl adjacent to an activating group) is 1. The van der Waals surface area contributed by atoms with Crippen LogP contribution in [-0.2, 0) is 9.53 Å². The Labute approximate surface area is 138 Å². The van der Waals surface area contributed by atoms with E-state index in [4.69, 9.17) is 9.47 Å². The predicted molar refractivity (Wildman–Crippen MR) is 88.6 cm³/mol. The van der Waals surface area contributed by atoms with Gasteiger partial charge in [0.25, 0.3) is 5.91 Å². The molecule has 0 heterocycles. The van der Waals surface area contributed by atoms with Gasteiger partial charge in [0.1, 0.15) is 5.75 Å². The molecule has 0 radical (unpaired) electrons. The molecule has 6 nitrogen and oxygen atoms in total. The van der Waals surface area contributed by atoms with E-state index in [0.29, 0.717) is 30.9 Å². The normalized spacial score (nSPS) is 11.9. The summed E-state index contributed by atoms with van der Waals surface area (Å²) >= 11 is 0. The zero-order chi connectivity index (χ0) is 17.4. The van der Waals surface area contributed by atoms with Crippen LogP contribution in [0.3, 0.4) is 0 Å². The highest BCUT2D eigenvalue weighted by Crippen LogP contribution is 2.20. The Hall–Kier alpha value is -2.08. The van der Waals surface area contributed by atoms with E-state index in [9.17, 15) is 9.59 Å². The topological polar surface area (TPSA) is 59.1 Å². The number of rotatable bonds is 8. The van der Waals surface area contributed by atoms with Crippen molar-refractivity contribution in [3.05, 3.63) is 29.8 Å². The van der Waals surface area contributed by atoms with Crippen LogP contribution in [0, 0.1) is 5.92 Å². The molecule has 0 bridgehead atoms. The molecule has 0 saturated carbocycles. The lowest BCUT2D eigenvalue weighted by molar-refractivity contribution is -0.145. The molecule has 6 heteroatoms. The summed E-state index contributed by atoms with van der Waals surface area (Å²) in [5.74, 6) is -0.341. The van der Waals surface area contributed by atoms with Crippen molar-refractivity contribution in [3.63, 3.8) is 0 Å². The maximum Gasteiger partial charge on any atom is 0.310 e. The first-order valence-corrected chi connectivity index (χ1v) is 7.55. The number of carbonyl (C=O) groups is 2. The molecule has 0 aliphatic rings. The van der Waals surface area contributed by atoms with Gasteiger partial charge in [-0.3, -0.25) is 9.59 Å². The minimum absolute atomic E-state index is 0.153. The Morgan fingerprint density at radius 2 is 1.78 bits per heavy atom. The summed E-state index contributed by atoms with van der Waals surface area (Å²) in [7, 11) is 6.77. The van der Waals surface area contributed by atoms with Crippen LogP contribution in [0.5, 0.6) is 5.75 Å². The lowest BCUT2D eigenvalue weighted by atomic mass is 10.1. The number of esters is 1. The van der Waals surface area contributed by atoms with Gasteiger partial charge in [-0.25, -0.2) is 0 Å². The zero-order valence-electron chi connectivity index (χ0n) is 14.5. The quantitative estimate of drug-likeness (QED) is 0.679. The van der Waals surface area contributed by atoms with Gasteiger partial charge in [-0.2, -0.15) is 0 Å². The molecule has 0 N–H and O–H groups in total. The lowest BCUT2D eigenvalue weighted by Gasteiger charge is -2.27. The minimum atomic E-state index is -0.388. The largest absolute Gasteiger partial charge is 0.496 e. The molecule has 0 fully saturated rings. The van der Waals surface area contributed by atoms with E-state index >= 15 is 0 Å². The fourth-order valence-electron chi connectivity index (χ4n) is 2.19. The molecule has 0 saturated heterocycles. The number of benzene rings is 1. The van der Waals surface area contributed by atoms with Crippen molar-refractivity contribution in [2.24, 2.45) is 5.92 Å². The molecule has 1 rings (SSSR count). The number of methoxy groups -OCH3 is 2. The molecule has 1 unspecified atom stereocenters. The van der Waals surface area contributed by atoms with Crippen molar-refractivity contribution < 1.29 is 19.1 Å². The second kappa shape index (κ2) is 9.15. The molecular weight excluding hydrogens is 296 g/mol. The molecule has 1 atom stereocenters. The van der Waals surface area contributed by atoms with Gasteiger partial charge in [-0.15, -0.1) is 0 Å². The van der Waals surface area contributed by atoms with Gasteiger partial charge in [0.05, 0.1) is 25.7 Å². The van der Waals surface area contributed by atoms with E-state index < -0.39 is 0 Å². The number of para-hydroxylation sites is 1. The molecule has 1 aromatic rings. The number of amides is 1. The maximum absolute atomic E-state index is 12.9. The Balaban J connectivity index is 2.97. The third-order valence-electron chi connectivity index (χ3n) is 3.54. The van der Waals surface area contributed by atoms with E-state index in [2.05, 4.69) is 0 Å². The van der Waals surface area contributed by atoms with Gasteiger partial charge >= 0.3 is 5.97 Å². The van der Waals surface area contributed by atoms with E-state index in [1.165, 1.54) is 14.2 Å². The van der Waals surface area contributed by atoms with Gasteiger partial charge in [-0.1, -0.05) is 19.1 Å². The van der Waals surface area contributed by atoms with Crippen molar-refractivity contribution in [2.75, 3.05) is 47.9 Å². The van der Waals surface area contributed by atoms with Crippen LogP contribution in [-0.4, -0.2) is 69.6 Å². The Morgan fingerprint density at radius 3 is 2.35 bits per heavy atom. The number of ether oxygens (including phenoxy) is 2. The van der Waals surface area contributed by atoms with Gasteiger partial charge in [0, 0.05) is 19.6 Å². The number of carbonyl (C=O) groups excluding carboxylic acids is 2. The van der Waals surface area contributed by atoms with Gasteiger partial charge < -0.3 is 19.3 Å².